The lowest BCUT2D eigenvalue weighted by molar-refractivity contribution is -0.146. The molecule has 1 aromatic heterocycles. The van der Waals surface area contributed by atoms with Crippen LogP contribution >= 0.6 is 0 Å². The van der Waals surface area contributed by atoms with Crippen molar-refractivity contribution in [3.05, 3.63) is 28.4 Å². The van der Waals surface area contributed by atoms with Gasteiger partial charge in [-0.3, -0.25) is 9.59 Å². The minimum atomic E-state index is -1.67. The van der Waals surface area contributed by atoms with Crippen LogP contribution in [-0.2, 0) is 4.79 Å². The molecule has 86 valence electrons. The molecular weight excluding hydrogens is 218 g/mol. The molecule has 0 aromatic carbocycles. The van der Waals surface area contributed by atoms with E-state index in [1.807, 2.05) is 0 Å². The van der Waals surface area contributed by atoms with E-state index in [-0.39, 0.29) is 5.69 Å². The Morgan fingerprint density at radius 3 is 2.75 bits per heavy atom. The fourth-order valence-electron chi connectivity index (χ4n) is 0.834. The number of hydrogen-bond donors (Lipinski definition) is 4. The van der Waals surface area contributed by atoms with Crippen molar-refractivity contribution >= 4 is 11.9 Å². The topological polar surface area (TPSA) is 132 Å². The third kappa shape index (κ3) is 3.17. The van der Waals surface area contributed by atoms with Crippen molar-refractivity contribution in [2.24, 2.45) is 0 Å². The van der Waals surface area contributed by atoms with Crippen LogP contribution in [-0.4, -0.2) is 44.7 Å². The van der Waals surface area contributed by atoms with E-state index >= 15 is 0 Å². The zero-order valence-electron chi connectivity index (χ0n) is 8.01. The van der Waals surface area contributed by atoms with Crippen LogP contribution in [0.15, 0.2) is 17.2 Å². The van der Waals surface area contributed by atoms with Crippen LogP contribution in [0.4, 0.5) is 0 Å². The zero-order valence-corrected chi connectivity index (χ0v) is 8.01. The molecule has 0 radical (unpaired) electrons. The predicted molar refractivity (Wildman–Crippen MR) is 50.8 cm³/mol. The quantitative estimate of drug-likeness (QED) is 0.467. The Bertz CT molecular complexity index is 435. The van der Waals surface area contributed by atoms with E-state index in [1.54, 1.807) is 0 Å². The molecule has 8 heteroatoms. The number of carboxylic acids is 1. The van der Waals surface area contributed by atoms with E-state index in [0.717, 1.165) is 12.4 Å². The smallest absolute Gasteiger partial charge is 0.334 e. The summed E-state index contributed by atoms with van der Waals surface area (Å²) in [7, 11) is 0. The Hall–Kier alpha value is -2.22. The number of hydrogen-bond acceptors (Lipinski definition) is 5. The molecule has 0 bridgehead atoms. The summed E-state index contributed by atoms with van der Waals surface area (Å²) >= 11 is 0. The summed E-state index contributed by atoms with van der Waals surface area (Å²) in [4.78, 5) is 37.9. The Kier molecular flexibility index (Phi) is 3.72. The Morgan fingerprint density at radius 2 is 2.25 bits per heavy atom. The lowest BCUT2D eigenvalue weighted by Crippen LogP contribution is -2.37. The van der Waals surface area contributed by atoms with Crippen LogP contribution in [0.2, 0.25) is 0 Å². The second-order valence-corrected chi connectivity index (χ2v) is 2.86. The number of carbonyl (C=O) groups excluding carboxylic acids is 1. The Morgan fingerprint density at radius 1 is 1.56 bits per heavy atom. The van der Waals surface area contributed by atoms with Crippen molar-refractivity contribution in [3.63, 3.8) is 0 Å². The molecule has 1 rings (SSSR count). The van der Waals surface area contributed by atoms with Gasteiger partial charge in [-0.15, -0.1) is 0 Å². The number of rotatable bonds is 4. The second kappa shape index (κ2) is 5.03. The molecule has 16 heavy (non-hydrogen) atoms. The van der Waals surface area contributed by atoms with Crippen molar-refractivity contribution in [1.82, 2.24) is 15.3 Å². The Balaban J connectivity index is 2.56. The summed E-state index contributed by atoms with van der Waals surface area (Å²) in [6.07, 6.45) is 0.333. The molecule has 1 unspecified atom stereocenters. The first kappa shape index (κ1) is 11.9. The van der Waals surface area contributed by atoms with Gasteiger partial charge >= 0.3 is 5.97 Å². The van der Waals surface area contributed by atoms with E-state index in [1.165, 1.54) is 0 Å². The fraction of sp³-hybridized carbons (Fsp3) is 0.250. The third-order valence-corrected chi connectivity index (χ3v) is 1.65. The number of carboxylic acid groups (broad SMARTS) is 1. The fourth-order valence-corrected chi connectivity index (χ4v) is 0.834. The van der Waals surface area contributed by atoms with Crippen LogP contribution in [0.1, 0.15) is 10.5 Å². The van der Waals surface area contributed by atoms with Gasteiger partial charge in [0, 0.05) is 6.20 Å². The van der Waals surface area contributed by atoms with Gasteiger partial charge in [-0.2, -0.15) is 0 Å². The third-order valence-electron chi connectivity index (χ3n) is 1.65. The van der Waals surface area contributed by atoms with Gasteiger partial charge in [-0.1, -0.05) is 0 Å². The molecule has 0 saturated carbocycles. The molecule has 0 fully saturated rings. The zero-order chi connectivity index (χ0) is 12.1. The number of nitrogens with one attached hydrogen (secondary N) is 2. The maximum absolute atomic E-state index is 11.3. The highest BCUT2D eigenvalue weighted by Gasteiger charge is 2.15. The predicted octanol–water partition coefficient (Wildman–Crippen LogP) is -2.05. The van der Waals surface area contributed by atoms with E-state index in [0.29, 0.717) is 0 Å². The highest BCUT2D eigenvalue weighted by atomic mass is 16.4. The first-order valence-electron chi connectivity index (χ1n) is 4.24. The summed E-state index contributed by atoms with van der Waals surface area (Å²) in [6, 6.07) is 0. The molecule has 1 aromatic rings. The molecule has 0 saturated heterocycles. The molecule has 1 heterocycles. The SMILES string of the molecule is O=C(NCC(O)C(=O)O)c1c[nH]c(=O)cn1. The van der Waals surface area contributed by atoms with Crippen molar-refractivity contribution in [1.29, 1.82) is 0 Å². The summed E-state index contributed by atoms with van der Waals surface area (Å²) in [5, 5.41) is 19.4. The number of aromatic amines is 1. The molecule has 0 aliphatic heterocycles. The number of amides is 1. The van der Waals surface area contributed by atoms with Crippen LogP contribution in [0.3, 0.4) is 0 Å². The number of aromatic nitrogens is 2. The van der Waals surface area contributed by atoms with Crippen molar-refractivity contribution in [2.45, 2.75) is 6.10 Å². The number of aliphatic hydroxyl groups excluding tert-OH is 1. The van der Waals surface area contributed by atoms with Crippen molar-refractivity contribution in [2.75, 3.05) is 6.54 Å². The van der Waals surface area contributed by atoms with Crippen LogP contribution < -0.4 is 10.9 Å². The lowest BCUT2D eigenvalue weighted by Gasteiger charge is -2.06. The maximum Gasteiger partial charge on any atom is 0.334 e. The lowest BCUT2D eigenvalue weighted by atomic mass is 10.3. The normalized spacial score (nSPS) is 11.8. The number of H-pyrrole nitrogens is 1. The average Bonchev–Trinajstić information content (AvgIpc) is 2.26. The number of aliphatic hydroxyl groups is 1. The number of nitrogens with zero attached hydrogens (tertiary/aromatic N) is 1. The molecule has 4 N–H and O–H groups in total. The largest absolute Gasteiger partial charge is 0.479 e. The molecule has 0 spiro atoms. The van der Waals surface area contributed by atoms with Crippen LogP contribution in [0.25, 0.3) is 0 Å². The Labute approximate surface area is 89.0 Å². The maximum atomic E-state index is 11.3. The highest BCUT2D eigenvalue weighted by molar-refractivity contribution is 5.92. The molecular formula is C8H9N3O5. The molecule has 8 nitrogen and oxygen atoms in total. The monoisotopic (exact) mass is 227 g/mol. The van der Waals surface area contributed by atoms with Crippen LogP contribution in [0, 0.1) is 0 Å². The van der Waals surface area contributed by atoms with Gasteiger partial charge < -0.3 is 20.5 Å². The van der Waals surface area contributed by atoms with Crippen molar-refractivity contribution in [3.8, 4) is 0 Å². The first-order valence-corrected chi connectivity index (χ1v) is 4.24. The highest BCUT2D eigenvalue weighted by Crippen LogP contribution is 1.88. The van der Waals surface area contributed by atoms with Gasteiger partial charge in [0.15, 0.2) is 6.10 Å². The minimum Gasteiger partial charge on any atom is -0.479 e. The number of aliphatic carboxylic acids is 1. The van der Waals surface area contributed by atoms with Gasteiger partial charge in [0.25, 0.3) is 11.5 Å². The molecule has 0 aliphatic carbocycles. The van der Waals surface area contributed by atoms with E-state index < -0.39 is 30.1 Å². The van der Waals surface area contributed by atoms with Gasteiger partial charge in [0.1, 0.15) is 5.69 Å². The summed E-state index contributed by atoms with van der Waals surface area (Å²) in [6.45, 7) is -0.436. The van der Waals surface area contributed by atoms with Gasteiger partial charge in [0.2, 0.25) is 0 Å². The van der Waals surface area contributed by atoms with Crippen LogP contribution in [0.5, 0.6) is 0 Å². The first-order chi connectivity index (χ1) is 7.50. The summed E-state index contributed by atoms with van der Waals surface area (Å²) < 4.78 is 0. The summed E-state index contributed by atoms with van der Waals surface area (Å²) in [5.74, 6) is -2.12. The van der Waals surface area contributed by atoms with E-state index in [4.69, 9.17) is 10.2 Å². The second-order valence-electron chi connectivity index (χ2n) is 2.86. The van der Waals surface area contributed by atoms with Gasteiger partial charge in [0.05, 0.1) is 12.7 Å². The summed E-state index contributed by atoms with van der Waals surface area (Å²) in [5.41, 5.74) is -0.528. The molecule has 0 aliphatic rings. The van der Waals surface area contributed by atoms with Gasteiger partial charge in [-0.05, 0) is 0 Å². The molecule has 1 amide bonds. The average molecular weight is 227 g/mol. The standard InChI is InChI=1S/C8H9N3O5/c12-5(8(15)16)2-11-7(14)4-1-10-6(13)3-9-4/h1,3,5,12H,2H2,(H,10,13)(H,11,14)(H,15,16). The van der Waals surface area contributed by atoms with E-state index in [9.17, 15) is 14.4 Å². The van der Waals surface area contributed by atoms with Gasteiger partial charge in [-0.25, -0.2) is 9.78 Å². The molecule has 1 atom stereocenters. The minimum absolute atomic E-state index is 0.0720. The number of carbonyl (C=O) groups is 2. The van der Waals surface area contributed by atoms with E-state index in [2.05, 4.69) is 15.3 Å². The van der Waals surface area contributed by atoms with Crippen molar-refractivity contribution < 1.29 is 19.8 Å².